The summed E-state index contributed by atoms with van der Waals surface area (Å²) >= 11 is 0. The van der Waals surface area contributed by atoms with E-state index in [4.69, 9.17) is 0 Å². The fourth-order valence-corrected chi connectivity index (χ4v) is 3.52. The van der Waals surface area contributed by atoms with Crippen LogP contribution >= 0.6 is 0 Å². The van der Waals surface area contributed by atoms with Gasteiger partial charge in [0.05, 0.1) is 16.1 Å². The third-order valence-corrected chi connectivity index (χ3v) is 4.88. The number of likely N-dealkylation sites (tertiary alicyclic amines) is 1. The van der Waals surface area contributed by atoms with Gasteiger partial charge in [0.15, 0.2) is 0 Å². The van der Waals surface area contributed by atoms with Crippen LogP contribution in [0.4, 0.5) is 5.69 Å². The van der Waals surface area contributed by atoms with E-state index in [-0.39, 0.29) is 35.3 Å². The highest BCUT2D eigenvalue weighted by Gasteiger charge is 2.39. The number of imide groups is 1. The van der Waals surface area contributed by atoms with E-state index in [1.54, 1.807) is 4.90 Å². The number of nitro groups is 1. The molecule has 2 aliphatic rings. The molecule has 1 fully saturated rings. The van der Waals surface area contributed by atoms with Gasteiger partial charge < -0.3 is 4.90 Å². The Kier molecular flexibility index (Phi) is 4.52. The van der Waals surface area contributed by atoms with Gasteiger partial charge in [-0.15, -0.1) is 0 Å². The van der Waals surface area contributed by atoms with E-state index in [9.17, 15) is 24.5 Å². The summed E-state index contributed by atoms with van der Waals surface area (Å²) < 4.78 is 0. The Labute approximate surface area is 144 Å². The van der Waals surface area contributed by atoms with E-state index in [2.05, 4.69) is 0 Å². The van der Waals surface area contributed by atoms with Crippen LogP contribution in [0.3, 0.4) is 0 Å². The summed E-state index contributed by atoms with van der Waals surface area (Å²) in [5.74, 6) is -1.48. The fraction of sp³-hybridized carbons (Fsp3) is 0.471. The summed E-state index contributed by atoms with van der Waals surface area (Å²) in [4.78, 5) is 50.4. The molecule has 8 nitrogen and oxygen atoms in total. The predicted octanol–water partition coefficient (Wildman–Crippen LogP) is 1.98. The summed E-state index contributed by atoms with van der Waals surface area (Å²) in [5, 5.41) is 10.9. The van der Waals surface area contributed by atoms with Gasteiger partial charge in [-0.1, -0.05) is 6.92 Å². The quantitative estimate of drug-likeness (QED) is 0.472. The van der Waals surface area contributed by atoms with E-state index < -0.39 is 16.7 Å². The van der Waals surface area contributed by atoms with E-state index in [1.807, 2.05) is 6.92 Å². The third-order valence-electron chi connectivity index (χ3n) is 4.88. The topological polar surface area (TPSA) is 101 Å². The SMILES string of the molecule is CC[C@@H]1CCCCN1C(=O)CN1C(=O)c2ccc([N+](=O)[O-])cc2C1=O. The van der Waals surface area contributed by atoms with Gasteiger partial charge in [0.2, 0.25) is 5.91 Å². The van der Waals surface area contributed by atoms with Crippen LogP contribution in [0.25, 0.3) is 0 Å². The van der Waals surface area contributed by atoms with Gasteiger partial charge in [-0.3, -0.25) is 29.4 Å². The maximum atomic E-state index is 12.6. The molecule has 1 aromatic rings. The van der Waals surface area contributed by atoms with Crippen LogP contribution in [0.15, 0.2) is 18.2 Å². The lowest BCUT2D eigenvalue weighted by Gasteiger charge is -2.36. The summed E-state index contributed by atoms with van der Waals surface area (Å²) in [6.07, 6.45) is 3.74. The number of fused-ring (bicyclic) bond motifs is 1. The molecule has 3 rings (SSSR count). The van der Waals surface area contributed by atoms with E-state index in [0.29, 0.717) is 6.54 Å². The number of carbonyl (C=O) groups excluding carboxylic acids is 3. The van der Waals surface area contributed by atoms with Crippen molar-refractivity contribution in [2.75, 3.05) is 13.1 Å². The molecule has 0 aliphatic carbocycles. The number of hydrogen-bond donors (Lipinski definition) is 0. The number of carbonyl (C=O) groups is 3. The van der Waals surface area contributed by atoms with Crippen molar-refractivity contribution in [2.45, 2.75) is 38.6 Å². The molecule has 2 heterocycles. The first kappa shape index (κ1) is 17.1. The van der Waals surface area contributed by atoms with Crippen LogP contribution in [-0.4, -0.2) is 51.6 Å². The van der Waals surface area contributed by atoms with Gasteiger partial charge in [-0.25, -0.2) is 0 Å². The van der Waals surface area contributed by atoms with Crippen LogP contribution in [0.5, 0.6) is 0 Å². The molecule has 1 aromatic carbocycles. The Hall–Kier alpha value is -2.77. The number of hydrogen-bond acceptors (Lipinski definition) is 5. The van der Waals surface area contributed by atoms with Crippen molar-refractivity contribution < 1.29 is 19.3 Å². The molecule has 1 saturated heterocycles. The Morgan fingerprint density at radius 3 is 2.64 bits per heavy atom. The number of rotatable bonds is 4. The lowest BCUT2D eigenvalue weighted by Crippen LogP contribution is -2.48. The highest BCUT2D eigenvalue weighted by molar-refractivity contribution is 6.22. The Bertz CT molecular complexity index is 761. The average molecular weight is 345 g/mol. The first-order chi connectivity index (χ1) is 11.9. The van der Waals surface area contributed by atoms with Crippen molar-refractivity contribution in [3.05, 3.63) is 39.4 Å². The lowest BCUT2D eigenvalue weighted by molar-refractivity contribution is -0.384. The number of amides is 3. The Morgan fingerprint density at radius 2 is 1.96 bits per heavy atom. The molecule has 0 unspecified atom stereocenters. The number of piperidine rings is 1. The molecule has 0 bridgehead atoms. The minimum Gasteiger partial charge on any atom is -0.338 e. The zero-order valence-corrected chi connectivity index (χ0v) is 13.9. The number of benzene rings is 1. The first-order valence-corrected chi connectivity index (χ1v) is 8.38. The van der Waals surface area contributed by atoms with Gasteiger partial charge in [0, 0.05) is 24.7 Å². The zero-order valence-electron chi connectivity index (χ0n) is 13.9. The Balaban J connectivity index is 1.79. The van der Waals surface area contributed by atoms with Crippen molar-refractivity contribution in [3.63, 3.8) is 0 Å². The molecule has 8 heteroatoms. The minimum absolute atomic E-state index is 0.0160. The molecule has 0 aromatic heterocycles. The van der Waals surface area contributed by atoms with Crippen molar-refractivity contribution in [1.82, 2.24) is 9.80 Å². The number of non-ortho nitro benzene ring substituents is 1. The van der Waals surface area contributed by atoms with Crippen molar-refractivity contribution >= 4 is 23.4 Å². The molecule has 0 spiro atoms. The van der Waals surface area contributed by atoms with Crippen LogP contribution in [0.1, 0.15) is 53.3 Å². The summed E-state index contributed by atoms with van der Waals surface area (Å²) in [6.45, 7) is 2.32. The smallest absolute Gasteiger partial charge is 0.270 e. The van der Waals surface area contributed by atoms with Crippen molar-refractivity contribution in [3.8, 4) is 0 Å². The molecule has 3 amide bonds. The molecule has 2 aliphatic heterocycles. The van der Waals surface area contributed by atoms with Crippen molar-refractivity contribution in [1.29, 1.82) is 0 Å². The first-order valence-electron chi connectivity index (χ1n) is 8.38. The maximum absolute atomic E-state index is 12.6. The third kappa shape index (κ3) is 2.99. The van der Waals surface area contributed by atoms with E-state index in [1.165, 1.54) is 12.1 Å². The van der Waals surface area contributed by atoms with Gasteiger partial charge in [-0.05, 0) is 31.7 Å². The van der Waals surface area contributed by atoms with Gasteiger partial charge >= 0.3 is 0 Å². The average Bonchev–Trinajstić information content (AvgIpc) is 2.86. The number of nitro benzene ring substituents is 1. The molecule has 1 atom stereocenters. The van der Waals surface area contributed by atoms with Crippen LogP contribution in [0, 0.1) is 10.1 Å². The fourth-order valence-electron chi connectivity index (χ4n) is 3.52. The highest BCUT2D eigenvalue weighted by Crippen LogP contribution is 2.27. The van der Waals surface area contributed by atoms with E-state index >= 15 is 0 Å². The number of nitrogens with zero attached hydrogens (tertiary/aromatic N) is 3. The zero-order chi connectivity index (χ0) is 18.1. The maximum Gasteiger partial charge on any atom is 0.270 e. The molecular weight excluding hydrogens is 326 g/mol. The highest BCUT2D eigenvalue weighted by atomic mass is 16.6. The largest absolute Gasteiger partial charge is 0.338 e. The van der Waals surface area contributed by atoms with Gasteiger partial charge in [-0.2, -0.15) is 0 Å². The van der Waals surface area contributed by atoms with Crippen molar-refractivity contribution in [2.24, 2.45) is 0 Å². The normalized spacial score (nSPS) is 20.0. The summed E-state index contributed by atoms with van der Waals surface area (Å²) in [7, 11) is 0. The minimum atomic E-state index is -0.651. The van der Waals surface area contributed by atoms with Crippen LogP contribution < -0.4 is 0 Å². The molecule has 132 valence electrons. The van der Waals surface area contributed by atoms with Crippen LogP contribution in [-0.2, 0) is 4.79 Å². The molecule has 0 radical (unpaired) electrons. The standard InChI is InChI=1S/C17H19N3O5/c1-2-11-5-3-4-8-18(11)15(21)10-19-16(22)13-7-6-12(20(24)25)9-14(13)17(19)23/h6-7,9,11H,2-5,8,10H2,1H3/t11-/m1/s1. The van der Waals surface area contributed by atoms with Gasteiger partial charge in [0.25, 0.3) is 17.5 Å². The second-order valence-corrected chi connectivity index (χ2v) is 6.33. The van der Waals surface area contributed by atoms with Crippen LogP contribution in [0.2, 0.25) is 0 Å². The molecule has 0 N–H and O–H groups in total. The predicted molar refractivity (Wildman–Crippen MR) is 88.1 cm³/mol. The Morgan fingerprint density at radius 1 is 1.24 bits per heavy atom. The second-order valence-electron chi connectivity index (χ2n) is 6.33. The summed E-state index contributed by atoms with van der Waals surface area (Å²) in [6, 6.07) is 3.69. The second kappa shape index (κ2) is 6.62. The van der Waals surface area contributed by atoms with E-state index in [0.717, 1.165) is 36.6 Å². The molecule has 0 saturated carbocycles. The monoisotopic (exact) mass is 345 g/mol. The van der Waals surface area contributed by atoms with Gasteiger partial charge in [0.1, 0.15) is 6.54 Å². The molecule has 25 heavy (non-hydrogen) atoms. The lowest BCUT2D eigenvalue weighted by atomic mass is 10.00. The molecular formula is C17H19N3O5. The summed E-state index contributed by atoms with van der Waals surface area (Å²) in [5.41, 5.74) is -0.165.